The Hall–Kier alpha value is -1.58. The van der Waals surface area contributed by atoms with Crippen molar-refractivity contribution >= 4 is 61.2 Å². The van der Waals surface area contributed by atoms with Crippen LogP contribution in [-0.2, 0) is 16.4 Å². The number of halogens is 2. The summed E-state index contributed by atoms with van der Waals surface area (Å²) >= 11 is 7.48. The van der Waals surface area contributed by atoms with Gasteiger partial charge in [0.05, 0.1) is 5.52 Å². The lowest BCUT2D eigenvalue weighted by Gasteiger charge is -2.07. The van der Waals surface area contributed by atoms with E-state index in [0.29, 0.717) is 16.9 Å². The van der Waals surface area contributed by atoms with Gasteiger partial charge in [0.1, 0.15) is 0 Å². The summed E-state index contributed by atoms with van der Waals surface area (Å²) in [5.74, 6) is 0. The van der Waals surface area contributed by atoms with Gasteiger partial charge in [0.2, 0.25) is 5.03 Å². The smallest absolute Gasteiger partial charge is 0.287 e. The molecule has 0 saturated carbocycles. The quantitative estimate of drug-likeness (QED) is 0.536. The van der Waals surface area contributed by atoms with Crippen LogP contribution in [0.3, 0.4) is 0 Å². The molecule has 1 aromatic carbocycles. The largest absolute Gasteiger partial charge is 0.328 e. The van der Waals surface area contributed by atoms with Crippen molar-refractivity contribution in [1.29, 1.82) is 0 Å². The van der Waals surface area contributed by atoms with Crippen LogP contribution in [0.4, 0.5) is 0 Å². The lowest BCUT2D eigenvalue weighted by atomic mass is 10.1. The summed E-state index contributed by atoms with van der Waals surface area (Å²) in [7, 11) is -3.91. The van der Waals surface area contributed by atoms with E-state index in [1.54, 1.807) is 23.8 Å². The molecule has 26 heavy (non-hydrogen) atoms. The molecule has 1 atom stereocenters. The summed E-state index contributed by atoms with van der Waals surface area (Å²) in [6.07, 6.45) is 3.86. The molecular formula is C16H16Cl2N4O2S2. The summed E-state index contributed by atoms with van der Waals surface area (Å²) in [6.45, 7) is 1.89. The Bertz CT molecular complexity index is 1190. The van der Waals surface area contributed by atoms with E-state index in [2.05, 4.69) is 4.98 Å². The zero-order valence-corrected chi connectivity index (χ0v) is 16.9. The van der Waals surface area contributed by atoms with Crippen molar-refractivity contribution in [2.75, 3.05) is 0 Å². The van der Waals surface area contributed by atoms with Crippen LogP contribution in [0.25, 0.3) is 15.9 Å². The summed E-state index contributed by atoms with van der Waals surface area (Å²) in [5, 5.41) is 2.58. The number of fused-ring (bicyclic) bond motifs is 2. The predicted octanol–water partition coefficient (Wildman–Crippen LogP) is 3.55. The average molecular weight is 431 g/mol. The van der Waals surface area contributed by atoms with Gasteiger partial charge in [-0.1, -0.05) is 29.8 Å². The minimum Gasteiger partial charge on any atom is -0.328 e. The number of rotatable bonds is 4. The molecule has 0 aliphatic rings. The SMILES string of the molecule is C[C@@H](N)Cc1cn(S(=O)(=O)c2c(Cl)nc3sccn23)c2ccccc12.Cl. The molecular weight excluding hydrogens is 415 g/mol. The lowest BCUT2D eigenvalue weighted by molar-refractivity contribution is 0.584. The number of nitrogens with two attached hydrogens (primary N) is 1. The van der Waals surface area contributed by atoms with Gasteiger partial charge in [0.25, 0.3) is 10.0 Å². The third-order valence-corrected chi connectivity index (χ3v) is 6.82. The minimum atomic E-state index is -3.91. The highest BCUT2D eigenvalue weighted by Gasteiger charge is 2.28. The molecule has 10 heteroatoms. The van der Waals surface area contributed by atoms with Crippen LogP contribution in [0.15, 0.2) is 47.1 Å². The van der Waals surface area contributed by atoms with Crippen molar-refractivity contribution < 1.29 is 8.42 Å². The summed E-state index contributed by atoms with van der Waals surface area (Å²) in [6, 6.07) is 7.29. The molecule has 0 saturated heterocycles. The second-order valence-electron chi connectivity index (χ2n) is 5.92. The van der Waals surface area contributed by atoms with Gasteiger partial charge in [-0.3, -0.25) is 4.40 Å². The number of hydrogen-bond donors (Lipinski definition) is 1. The molecule has 0 amide bonds. The standard InChI is InChI=1S/C16H15ClN4O2S2.ClH/c1-10(18)8-11-9-21(13-5-3-2-4-12(11)13)25(22,23)15-14(17)19-16-20(15)6-7-24-16;/h2-7,9-10H,8,18H2,1H3;1H/t10-;/m1./s1. The molecule has 4 rings (SSSR count). The maximum atomic E-state index is 13.3. The van der Waals surface area contributed by atoms with Crippen molar-refractivity contribution in [3.8, 4) is 0 Å². The Morgan fingerprint density at radius 1 is 1.35 bits per heavy atom. The Kier molecular flexibility index (Phi) is 5.06. The maximum absolute atomic E-state index is 13.3. The van der Waals surface area contributed by atoms with E-state index < -0.39 is 10.0 Å². The molecule has 0 radical (unpaired) electrons. The first-order valence-electron chi connectivity index (χ1n) is 7.61. The van der Waals surface area contributed by atoms with E-state index in [0.717, 1.165) is 10.9 Å². The maximum Gasteiger partial charge on any atom is 0.287 e. The fourth-order valence-electron chi connectivity index (χ4n) is 2.99. The Morgan fingerprint density at radius 3 is 2.81 bits per heavy atom. The molecule has 3 heterocycles. The molecule has 0 bridgehead atoms. The Morgan fingerprint density at radius 2 is 2.08 bits per heavy atom. The van der Waals surface area contributed by atoms with E-state index in [9.17, 15) is 8.42 Å². The first-order chi connectivity index (χ1) is 11.9. The van der Waals surface area contributed by atoms with Crippen molar-refractivity contribution in [3.63, 3.8) is 0 Å². The van der Waals surface area contributed by atoms with Crippen LogP contribution in [0, 0.1) is 0 Å². The van der Waals surface area contributed by atoms with Gasteiger partial charge < -0.3 is 5.73 Å². The van der Waals surface area contributed by atoms with Crippen LogP contribution < -0.4 is 5.73 Å². The molecule has 4 aromatic rings. The molecule has 6 nitrogen and oxygen atoms in total. The fraction of sp³-hybridized carbons (Fsp3) is 0.188. The number of hydrogen-bond acceptors (Lipinski definition) is 5. The van der Waals surface area contributed by atoms with Crippen molar-refractivity contribution in [1.82, 2.24) is 13.4 Å². The molecule has 0 aliphatic carbocycles. The highest BCUT2D eigenvalue weighted by molar-refractivity contribution is 7.90. The van der Waals surface area contributed by atoms with Gasteiger partial charge in [-0.25, -0.2) is 8.96 Å². The normalized spacial score (nSPS) is 13.2. The van der Waals surface area contributed by atoms with Crippen LogP contribution >= 0.6 is 35.3 Å². The van der Waals surface area contributed by atoms with Crippen LogP contribution in [-0.4, -0.2) is 27.8 Å². The molecule has 3 aromatic heterocycles. The monoisotopic (exact) mass is 430 g/mol. The summed E-state index contributed by atoms with van der Waals surface area (Å²) in [4.78, 5) is 4.67. The van der Waals surface area contributed by atoms with Crippen molar-refractivity contribution in [2.24, 2.45) is 5.73 Å². The van der Waals surface area contributed by atoms with E-state index in [4.69, 9.17) is 17.3 Å². The van der Waals surface area contributed by atoms with Crippen LogP contribution in [0.2, 0.25) is 5.15 Å². The highest BCUT2D eigenvalue weighted by atomic mass is 35.5. The number of imidazole rings is 1. The fourth-order valence-corrected chi connectivity index (χ4v) is 5.80. The topological polar surface area (TPSA) is 82.4 Å². The lowest BCUT2D eigenvalue weighted by Crippen LogP contribution is -2.18. The van der Waals surface area contributed by atoms with E-state index in [1.807, 2.05) is 25.1 Å². The zero-order valence-electron chi connectivity index (χ0n) is 13.7. The minimum absolute atomic E-state index is 0. The summed E-state index contributed by atoms with van der Waals surface area (Å²) < 4.78 is 29.4. The second kappa shape index (κ2) is 6.86. The van der Waals surface area contributed by atoms with E-state index in [1.165, 1.54) is 19.7 Å². The van der Waals surface area contributed by atoms with Crippen molar-refractivity contribution in [2.45, 2.75) is 24.4 Å². The third kappa shape index (κ3) is 2.91. The van der Waals surface area contributed by atoms with Gasteiger partial charge in [0, 0.05) is 29.2 Å². The molecule has 0 spiro atoms. The zero-order chi connectivity index (χ0) is 17.8. The van der Waals surface area contributed by atoms with Crippen LogP contribution in [0.5, 0.6) is 0 Å². The number of nitrogens with zero attached hydrogens (tertiary/aromatic N) is 3. The van der Waals surface area contributed by atoms with Crippen molar-refractivity contribution in [3.05, 3.63) is 52.8 Å². The number of para-hydroxylation sites is 1. The number of thiazole rings is 1. The molecule has 0 unspecified atom stereocenters. The third-order valence-electron chi connectivity index (χ3n) is 3.98. The predicted molar refractivity (Wildman–Crippen MR) is 107 cm³/mol. The van der Waals surface area contributed by atoms with Gasteiger partial charge in [-0.15, -0.1) is 23.7 Å². The second-order valence-corrected chi connectivity index (χ2v) is 8.88. The molecule has 0 aliphatic heterocycles. The van der Waals surface area contributed by atoms with Crippen LogP contribution in [0.1, 0.15) is 12.5 Å². The van der Waals surface area contributed by atoms with E-state index in [-0.39, 0.29) is 28.6 Å². The Labute approximate surface area is 165 Å². The molecule has 2 N–H and O–H groups in total. The first kappa shape index (κ1) is 19.2. The first-order valence-corrected chi connectivity index (χ1v) is 10.3. The van der Waals surface area contributed by atoms with Gasteiger partial charge in [0.15, 0.2) is 10.1 Å². The highest BCUT2D eigenvalue weighted by Crippen LogP contribution is 2.31. The molecule has 138 valence electrons. The number of aromatic nitrogens is 3. The van der Waals surface area contributed by atoms with E-state index >= 15 is 0 Å². The van der Waals surface area contributed by atoms with Gasteiger partial charge >= 0.3 is 0 Å². The Balaban J connectivity index is 0.00000196. The van der Waals surface area contributed by atoms with Gasteiger partial charge in [-0.2, -0.15) is 8.42 Å². The number of benzene rings is 1. The average Bonchev–Trinajstić information content (AvgIpc) is 3.20. The summed E-state index contributed by atoms with van der Waals surface area (Å²) in [5.41, 5.74) is 7.40. The molecule has 0 fully saturated rings. The van der Waals surface area contributed by atoms with Gasteiger partial charge in [-0.05, 0) is 25.0 Å².